The maximum Gasteiger partial charge on any atom is 0.126 e. The third-order valence-corrected chi connectivity index (χ3v) is 3.75. The van der Waals surface area contributed by atoms with Crippen molar-refractivity contribution in [2.45, 2.75) is 24.9 Å². The lowest BCUT2D eigenvalue weighted by Gasteiger charge is -2.24. The van der Waals surface area contributed by atoms with Gasteiger partial charge in [0.15, 0.2) is 0 Å². The van der Waals surface area contributed by atoms with Crippen molar-refractivity contribution in [3.05, 3.63) is 70.8 Å². The molecular formula is C16H14F2O. The molecule has 0 spiro atoms. The van der Waals surface area contributed by atoms with Crippen LogP contribution in [0.1, 0.15) is 23.1 Å². The Bertz CT molecular complexity index is 604. The van der Waals surface area contributed by atoms with Crippen molar-refractivity contribution in [1.82, 2.24) is 0 Å². The van der Waals surface area contributed by atoms with E-state index in [0.29, 0.717) is 12.0 Å². The van der Waals surface area contributed by atoms with Crippen LogP contribution in [0, 0.1) is 11.6 Å². The third kappa shape index (κ3) is 2.26. The number of fused-ring (bicyclic) bond motifs is 1. The molecule has 3 rings (SSSR count). The first-order chi connectivity index (χ1) is 9.07. The molecule has 1 atom stereocenters. The fourth-order valence-electron chi connectivity index (χ4n) is 2.90. The van der Waals surface area contributed by atoms with Crippen LogP contribution in [0.15, 0.2) is 42.5 Å². The molecule has 3 heteroatoms. The van der Waals surface area contributed by atoms with Crippen molar-refractivity contribution in [3.8, 4) is 0 Å². The molecule has 1 N–H and O–H groups in total. The second-order valence-electron chi connectivity index (χ2n) is 5.14. The molecule has 0 aromatic heterocycles. The molecule has 0 saturated heterocycles. The maximum atomic E-state index is 13.2. The van der Waals surface area contributed by atoms with Gasteiger partial charge in [-0.15, -0.1) is 0 Å². The van der Waals surface area contributed by atoms with Gasteiger partial charge in [-0.1, -0.05) is 24.3 Å². The molecule has 0 amide bonds. The highest BCUT2D eigenvalue weighted by Gasteiger charge is 2.36. The highest BCUT2D eigenvalue weighted by Crippen LogP contribution is 2.39. The normalized spacial score (nSPS) is 21.4. The quantitative estimate of drug-likeness (QED) is 0.878. The zero-order valence-electron chi connectivity index (χ0n) is 10.4. The maximum absolute atomic E-state index is 13.2. The lowest BCUT2D eigenvalue weighted by molar-refractivity contribution is 0.0388. The monoisotopic (exact) mass is 260 g/mol. The van der Waals surface area contributed by atoms with Gasteiger partial charge in [-0.05, 0) is 41.7 Å². The summed E-state index contributed by atoms with van der Waals surface area (Å²) >= 11 is 0. The van der Waals surface area contributed by atoms with Gasteiger partial charge in [0.2, 0.25) is 0 Å². The van der Waals surface area contributed by atoms with Gasteiger partial charge >= 0.3 is 0 Å². The van der Waals surface area contributed by atoms with E-state index in [-0.39, 0.29) is 6.42 Å². The Hall–Kier alpha value is -1.74. The van der Waals surface area contributed by atoms with Gasteiger partial charge < -0.3 is 5.11 Å². The molecule has 0 saturated carbocycles. The van der Waals surface area contributed by atoms with E-state index in [1.807, 2.05) is 24.3 Å². The van der Waals surface area contributed by atoms with Crippen molar-refractivity contribution in [3.63, 3.8) is 0 Å². The first-order valence-electron chi connectivity index (χ1n) is 6.33. The molecule has 98 valence electrons. The highest BCUT2D eigenvalue weighted by atomic mass is 19.1. The Balaban J connectivity index is 1.95. The molecule has 19 heavy (non-hydrogen) atoms. The van der Waals surface area contributed by atoms with Crippen LogP contribution in [-0.4, -0.2) is 5.11 Å². The molecule has 0 heterocycles. The molecule has 0 radical (unpaired) electrons. The van der Waals surface area contributed by atoms with Crippen molar-refractivity contribution in [1.29, 1.82) is 0 Å². The Morgan fingerprint density at radius 2 is 1.74 bits per heavy atom. The second-order valence-corrected chi connectivity index (χ2v) is 5.14. The van der Waals surface area contributed by atoms with Gasteiger partial charge in [-0.2, -0.15) is 0 Å². The van der Waals surface area contributed by atoms with Crippen LogP contribution in [-0.2, 0) is 18.4 Å². The summed E-state index contributed by atoms with van der Waals surface area (Å²) in [6.45, 7) is 0. The molecule has 0 fully saturated rings. The molecule has 1 aliphatic rings. The largest absolute Gasteiger partial charge is 0.385 e. The number of aryl methyl sites for hydroxylation is 1. The second kappa shape index (κ2) is 4.42. The third-order valence-electron chi connectivity index (χ3n) is 3.75. The Kier molecular flexibility index (Phi) is 2.86. The van der Waals surface area contributed by atoms with Crippen LogP contribution in [0.5, 0.6) is 0 Å². The minimum absolute atomic E-state index is 0.235. The molecule has 2 aromatic rings. The molecule has 1 unspecified atom stereocenters. The molecule has 1 nitrogen and oxygen atoms in total. The summed E-state index contributed by atoms with van der Waals surface area (Å²) in [5.74, 6) is -1.21. The van der Waals surface area contributed by atoms with E-state index < -0.39 is 17.2 Å². The Labute approximate surface area is 110 Å². The van der Waals surface area contributed by atoms with E-state index in [1.165, 1.54) is 12.1 Å². The summed E-state index contributed by atoms with van der Waals surface area (Å²) in [6.07, 6.45) is 1.62. The zero-order valence-corrected chi connectivity index (χ0v) is 10.4. The van der Waals surface area contributed by atoms with Crippen LogP contribution in [0.4, 0.5) is 8.78 Å². The summed E-state index contributed by atoms with van der Waals surface area (Å²) in [4.78, 5) is 0. The van der Waals surface area contributed by atoms with E-state index >= 15 is 0 Å². The van der Waals surface area contributed by atoms with E-state index in [9.17, 15) is 13.9 Å². The highest BCUT2D eigenvalue weighted by molar-refractivity contribution is 5.38. The number of hydrogen-bond acceptors (Lipinski definition) is 1. The number of halogens is 2. The molecule has 0 aliphatic heterocycles. The minimum Gasteiger partial charge on any atom is -0.385 e. The summed E-state index contributed by atoms with van der Waals surface area (Å²) < 4.78 is 26.4. The first kappa shape index (κ1) is 12.3. The summed E-state index contributed by atoms with van der Waals surface area (Å²) in [5, 5.41) is 10.7. The van der Waals surface area contributed by atoms with Crippen LogP contribution in [0.2, 0.25) is 0 Å². The van der Waals surface area contributed by atoms with Crippen molar-refractivity contribution >= 4 is 0 Å². The Morgan fingerprint density at radius 3 is 2.47 bits per heavy atom. The molecular weight excluding hydrogens is 246 g/mol. The number of hydrogen-bond donors (Lipinski definition) is 1. The molecule has 0 bridgehead atoms. The van der Waals surface area contributed by atoms with Crippen LogP contribution >= 0.6 is 0 Å². The van der Waals surface area contributed by atoms with Crippen molar-refractivity contribution < 1.29 is 13.9 Å². The summed E-state index contributed by atoms with van der Waals surface area (Å²) in [5.41, 5.74) is 1.45. The van der Waals surface area contributed by atoms with Crippen LogP contribution in [0.25, 0.3) is 0 Å². The first-order valence-corrected chi connectivity index (χ1v) is 6.33. The summed E-state index contributed by atoms with van der Waals surface area (Å²) in [6, 6.07) is 11.1. The van der Waals surface area contributed by atoms with Gasteiger partial charge in [0.25, 0.3) is 0 Å². The lowest BCUT2D eigenvalue weighted by Crippen LogP contribution is -2.25. The number of rotatable bonds is 2. The van der Waals surface area contributed by atoms with E-state index in [1.54, 1.807) is 0 Å². The van der Waals surface area contributed by atoms with Crippen LogP contribution in [0.3, 0.4) is 0 Å². The lowest BCUT2D eigenvalue weighted by atomic mass is 9.89. The van der Waals surface area contributed by atoms with Gasteiger partial charge in [-0.3, -0.25) is 0 Å². The van der Waals surface area contributed by atoms with Crippen molar-refractivity contribution in [2.75, 3.05) is 0 Å². The molecule has 2 aromatic carbocycles. The standard InChI is InChI=1S/C16H14F2O/c17-13-7-11(8-14(18)9-13)10-16(19)6-5-12-3-1-2-4-15(12)16/h1-4,7-9,19H,5-6,10H2. The van der Waals surface area contributed by atoms with Crippen LogP contribution < -0.4 is 0 Å². The van der Waals surface area contributed by atoms with Gasteiger partial charge in [0.1, 0.15) is 11.6 Å². The van der Waals surface area contributed by atoms with Gasteiger partial charge in [-0.25, -0.2) is 8.78 Å². The number of benzene rings is 2. The fraction of sp³-hybridized carbons (Fsp3) is 0.250. The van der Waals surface area contributed by atoms with Gasteiger partial charge in [0, 0.05) is 12.5 Å². The van der Waals surface area contributed by atoms with Gasteiger partial charge in [0.05, 0.1) is 5.60 Å². The van der Waals surface area contributed by atoms with E-state index in [2.05, 4.69) is 0 Å². The fourth-order valence-corrected chi connectivity index (χ4v) is 2.90. The predicted molar refractivity (Wildman–Crippen MR) is 68.7 cm³/mol. The van der Waals surface area contributed by atoms with E-state index in [4.69, 9.17) is 0 Å². The predicted octanol–water partition coefficient (Wildman–Crippen LogP) is 3.34. The Morgan fingerprint density at radius 1 is 1.05 bits per heavy atom. The molecule has 1 aliphatic carbocycles. The summed E-state index contributed by atoms with van der Waals surface area (Å²) in [7, 11) is 0. The zero-order chi connectivity index (χ0) is 13.5. The number of aliphatic hydroxyl groups is 1. The average molecular weight is 260 g/mol. The smallest absolute Gasteiger partial charge is 0.126 e. The SMILES string of the molecule is OC1(Cc2cc(F)cc(F)c2)CCc2ccccc21. The average Bonchev–Trinajstić information content (AvgIpc) is 2.66. The van der Waals surface area contributed by atoms with Crippen molar-refractivity contribution in [2.24, 2.45) is 0 Å². The minimum atomic E-state index is -1.02. The topological polar surface area (TPSA) is 20.2 Å². The van der Waals surface area contributed by atoms with E-state index in [0.717, 1.165) is 23.6 Å².